The minimum absolute atomic E-state index is 0.232. The zero-order chi connectivity index (χ0) is 18.7. The Kier molecular flexibility index (Phi) is 5.19. The summed E-state index contributed by atoms with van der Waals surface area (Å²) in [6.07, 6.45) is 2.99. The van der Waals surface area contributed by atoms with Crippen LogP contribution in [0.25, 0.3) is 0 Å². The molecule has 0 atom stereocenters. The number of hydrogen-bond acceptors (Lipinski definition) is 4. The van der Waals surface area contributed by atoms with Crippen molar-refractivity contribution in [1.29, 1.82) is 0 Å². The molecule has 0 saturated heterocycles. The van der Waals surface area contributed by atoms with E-state index in [0.29, 0.717) is 16.5 Å². The van der Waals surface area contributed by atoms with E-state index in [0.717, 1.165) is 16.8 Å². The average molecular weight is 367 g/mol. The molecule has 0 aliphatic rings. The molecule has 6 heteroatoms. The highest BCUT2D eigenvalue weighted by Crippen LogP contribution is 2.23. The number of hydrogen-bond donors (Lipinski definition) is 2. The number of benzene rings is 2. The van der Waals surface area contributed by atoms with Crippen LogP contribution >= 0.6 is 11.6 Å². The van der Waals surface area contributed by atoms with Crippen LogP contribution in [0.15, 0.2) is 48.8 Å². The molecule has 1 heterocycles. The van der Waals surface area contributed by atoms with Crippen LogP contribution in [-0.2, 0) is 0 Å². The maximum absolute atomic E-state index is 12.4. The first-order valence-electron chi connectivity index (χ1n) is 8.17. The number of nitrogens with one attached hydrogen (secondary N) is 2. The number of aryl methyl sites for hydroxylation is 2. The number of aromatic nitrogens is 2. The van der Waals surface area contributed by atoms with Crippen molar-refractivity contribution in [3.8, 4) is 0 Å². The standard InChI is InChI=1S/C20H19ClN4O/c1-12-7-8-16(13(2)9-12)24-19-11-22-18(10-23-19)20(26)25-17-6-4-5-15(21)14(17)3/h4-11H,1-3H3,(H,23,24)(H,25,26). The van der Waals surface area contributed by atoms with Gasteiger partial charge in [-0.3, -0.25) is 4.79 Å². The summed E-state index contributed by atoms with van der Waals surface area (Å²) in [4.78, 5) is 20.8. The van der Waals surface area contributed by atoms with Gasteiger partial charge in [0.1, 0.15) is 11.5 Å². The molecule has 1 aromatic heterocycles. The normalized spacial score (nSPS) is 10.5. The monoisotopic (exact) mass is 366 g/mol. The molecule has 2 N–H and O–H groups in total. The highest BCUT2D eigenvalue weighted by atomic mass is 35.5. The van der Waals surface area contributed by atoms with Gasteiger partial charge in [0.2, 0.25) is 0 Å². The van der Waals surface area contributed by atoms with E-state index in [-0.39, 0.29) is 11.6 Å². The van der Waals surface area contributed by atoms with Crippen LogP contribution in [0.5, 0.6) is 0 Å². The van der Waals surface area contributed by atoms with Gasteiger partial charge in [0.15, 0.2) is 0 Å². The first kappa shape index (κ1) is 17.9. The van der Waals surface area contributed by atoms with Gasteiger partial charge in [0.25, 0.3) is 5.91 Å². The molecule has 0 bridgehead atoms. The summed E-state index contributed by atoms with van der Waals surface area (Å²) >= 11 is 6.08. The van der Waals surface area contributed by atoms with Gasteiger partial charge in [-0.05, 0) is 50.1 Å². The van der Waals surface area contributed by atoms with Crippen molar-refractivity contribution < 1.29 is 4.79 Å². The van der Waals surface area contributed by atoms with Crippen LogP contribution < -0.4 is 10.6 Å². The van der Waals surface area contributed by atoms with Crippen molar-refractivity contribution in [2.45, 2.75) is 20.8 Å². The SMILES string of the molecule is Cc1ccc(Nc2cnc(C(=O)Nc3cccc(Cl)c3C)cn2)c(C)c1. The molecule has 0 unspecified atom stereocenters. The van der Waals surface area contributed by atoms with Crippen LogP contribution in [0.3, 0.4) is 0 Å². The fourth-order valence-electron chi connectivity index (χ4n) is 2.53. The quantitative estimate of drug-likeness (QED) is 0.678. The molecule has 0 spiro atoms. The molecule has 3 aromatic rings. The third-order valence-electron chi connectivity index (χ3n) is 4.05. The van der Waals surface area contributed by atoms with Crippen molar-refractivity contribution in [1.82, 2.24) is 9.97 Å². The van der Waals surface area contributed by atoms with Gasteiger partial charge in [-0.25, -0.2) is 9.97 Å². The first-order chi connectivity index (χ1) is 12.4. The molecule has 0 radical (unpaired) electrons. The van der Waals surface area contributed by atoms with Crippen LogP contribution in [-0.4, -0.2) is 15.9 Å². The molecule has 1 amide bonds. The number of anilines is 3. The molecule has 5 nitrogen and oxygen atoms in total. The summed E-state index contributed by atoms with van der Waals surface area (Å²) in [5, 5.41) is 6.61. The number of amides is 1. The van der Waals surface area contributed by atoms with E-state index >= 15 is 0 Å². The molecule has 0 aliphatic heterocycles. The van der Waals surface area contributed by atoms with Crippen molar-refractivity contribution in [3.63, 3.8) is 0 Å². The van der Waals surface area contributed by atoms with E-state index in [1.54, 1.807) is 24.4 Å². The number of halogens is 1. The minimum Gasteiger partial charge on any atom is -0.339 e. The lowest BCUT2D eigenvalue weighted by Crippen LogP contribution is -2.15. The van der Waals surface area contributed by atoms with Gasteiger partial charge in [-0.15, -0.1) is 0 Å². The summed E-state index contributed by atoms with van der Waals surface area (Å²) in [5.41, 5.74) is 4.96. The van der Waals surface area contributed by atoms with Crippen LogP contribution in [0, 0.1) is 20.8 Å². The van der Waals surface area contributed by atoms with Gasteiger partial charge in [-0.2, -0.15) is 0 Å². The Morgan fingerprint density at radius 2 is 1.81 bits per heavy atom. The van der Waals surface area contributed by atoms with Crippen molar-refractivity contribution in [2.24, 2.45) is 0 Å². The second-order valence-electron chi connectivity index (χ2n) is 6.10. The topological polar surface area (TPSA) is 66.9 Å². The third-order valence-corrected chi connectivity index (χ3v) is 4.45. The number of carbonyl (C=O) groups excluding carboxylic acids is 1. The highest BCUT2D eigenvalue weighted by Gasteiger charge is 2.11. The summed E-state index contributed by atoms with van der Waals surface area (Å²) in [6.45, 7) is 5.92. The predicted molar refractivity (Wildman–Crippen MR) is 105 cm³/mol. The van der Waals surface area contributed by atoms with E-state index in [2.05, 4.69) is 26.7 Å². The fourth-order valence-corrected chi connectivity index (χ4v) is 2.71. The smallest absolute Gasteiger partial charge is 0.275 e. The van der Waals surface area contributed by atoms with Crippen molar-refractivity contribution in [2.75, 3.05) is 10.6 Å². The van der Waals surface area contributed by atoms with Crippen LogP contribution in [0.2, 0.25) is 5.02 Å². The predicted octanol–water partition coefficient (Wildman–Crippen LogP) is 5.05. The average Bonchev–Trinajstić information content (AvgIpc) is 2.62. The molecular formula is C20H19ClN4O. The van der Waals surface area contributed by atoms with E-state index < -0.39 is 0 Å². The van der Waals surface area contributed by atoms with Gasteiger partial charge >= 0.3 is 0 Å². The van der Waals surface area contributed by atoms with Gasteiger partial charge in [-0.1, -0.05) is 35.4 Å². The number of rotatable bonds is 4. The molecule has 2 aromatic carbocycles. The molecule has 3 rings (SSSR count). The highest BCUT2D eigenvalue weighted by molar-refractivity contribution is 6.31. The number of nitrogens with zero attached hydrogens (tertiary/aromatic N) is 2. The van der Waals surface area contributed by atoms with Gasteiger partial charge < -0.3 is 10.6 Å². The van der Waals surface area contributed by atoms with E-state index in [1.165, 1.54) is 11.8 Å². The Hall–Kier alpha value is -2.92. The summed E-state index contributed by atoms with van der Waals surface area (Å²) in [7, 11) is 0. The van der Waals surface area contributed by atoms with Crippen LogP contribution in [0.4, 0.5) is 17.2 Å². The Labute approximate surface area is 157 Å². The van der Waals surface area contributed by atoms with E-state index in [9.17, 15) is 4.79 Å². The van der Waals surface area contributed by atoms with E-state index in [4.69, 9.17) is 11.6 Å². The lowest BCUT2D eigenvalue weighted by molar-refractivity contribution is 0.102. The lowest BCUT2D eigenvalue weighted by Gasteiger charge is -2.11. The summed E-state index contributed by atoms with van der Waals surface area (Å²) < 4.78 is 0. The second-order valence-corrected chi connectivity index (χ2v) is 6.50. The largest absolute Gasteiger partial charge is 0.339 e. The molecule has 0 saturated carbocycles. The van der Waals surface area contributed by atoms with Crippen molar-refractivity contribution in [3.05, 3.63) is 76.2 Å². The Morgan fingerprint density at radius 3 is 2.50 bits per heavy atom. The Balaban J connectivity index is 1.72. The fraction of sp³-hybridized carbons (Fsp3) is 0.150. The zero-order valence-electron chi connectivity index (χ0n) is 14.8. The summed E-state index contributed by atoms with van der Waals surface area (Å²) in [6, 6.07) is 11.5. The van der Waals surface area contributed by atoms with Crippen LogP contribution in [0.1, 0.15) is 27.2 Å². The zero-order valence-corrected chi connectivity index (χ0v) is 15.6. The van der Waals surface area contributed by atoms with Crippen molar-refractivity contribution >= 4 is 34.7 Å². The first-order valence-corrected chi connectivity index (χ1v) is 8.54. The minimum atomic E-state index is -0.332. The number of carbonyl (C=O) groups is 1. The van der Waals surface area contributed by atoms with Gasteiger partial charge in [0.05, 0.1) is 12.4 Å². The maximum atomic E-state index is 12.4. The Bertz CT molecular complexity index is 955. The van der Waals surface area contributed by atoms with Gasteiger partial charge in [0, 0.05) is 16.4 Å². The molecule has 0 fully saturated rings. The third kappa shape index (κ3) is 4.00. The summed E-state index contributed by atoms with van der Waals surface area (Å²) in [5.74, 6) is 0.244. The molecule has 132 valence electrons. The molecule has 26 heavy (non-hydrogen) atoms. The lowest BCUT2D eigenvalue weighted by atomic mass is 10.1. The molecular weight excluding hydrogens is 348 g/mol. The van der Waals surface area contributed by atoms with E-state index in [1.807, 2.05) is 32.9 Å². The molecule has 0 aliphatic carbocycles. The maximum Gasteiger partial charge on any atom is 0.275 e. The second kappa shape index (κ2) is 7.54. The Morgan fingerprint density at radius 1 is 1.00 bits per heavy atom.